The largest absolute Gasteiger partial charge is 0.374 e. The van der Waals surface area contributed by atoms with E-state index < -0.39 is 10.0 Å². The van der Waals surface area contributed by atoms with Crippen molar-refractivity contribution in [3.8, 4) is 0 Å². The van der Waals surface area contributed by atoms with Crippen molar-refractivity contribution in [2.75, 3.05) is 12.8 Å². The van der Waals surface area contributed by atoms with Gasteiger partial charge in [0.2, 0.25) is 10.0 Å². The summed E-state index contributed by atoms with van der Waals surface area (Å²) in [6, 6.07) is 0. The Bertz CT molecular complexity index is 389. The second-order valence-electron chi connectivity index (χ2n) is 5.92. The number of nitrogens with one attached hydrogen (secondary N) is 2. The normalized spacial score (nSPS) is 14.7. The summed E-state index contributed by atoms with van der Waals surface area (Å²) < 4.78 is 30.8. The Hall–Kier alpha value is -0.460. The van der Waals surface area contributed by atoms with Crippen LogP contribution in [0.4, 0.5) is 0 Å². The SMILES string of the molecule is CCC(=N)CC(C)(C)C(CNS(C)(=O)=O)OC(C)C. The van der Waals surface area contributed by atoms with Crippen LogP contribution in [0, 0.1) is 10.8 Å². The lowest BCUT2D eigenvalue weighted by atomic mass is 9.80. The molecule has 1 unspecified atom stereocenters. The van der Waals surface area contributed by atoms with E-state index in [0.717, 1.165) is 6.26 Å². The molecule has 0 saturated carbocycles. The lowest BCUT2D eigenvalue weighted by Crippen LogP contribution is -2.44. The van der Waals surface area contributed by atoms with Crippen LogP contribution in [0.5, 0.6) is 0 Å². The molecule has 0 aromatic heterocycles. The van der Waals surface area contributed by atoms with Gasteiger partial charge in [0.1, 0.15) is 0 Å². The maximum atomic E-state index is 11.2. The van der Waals surface area contributed by atoms with Crippen molar-refractivity contribution in [1.29, 1.82) is 5.41 Å². The molecular formula is C13H28N2O3S. The molecule has 0 amide bonds. The molecule has 0 rings (SSSR count). The highest BCUT2D eigenvalue weighted by Gasteiger charge is 2.32. The Labute approximate surface area is 117 Å². The minimum absolute atomic E-state index is 0.0152. The van der Waals surface area contributed by atoms with E-state index >= 15 is 0 Å². The van der Waals surface area contributed by atoms with E-state index in [1.54, 1.807) is 0 Å². The van der Waals surface area contributed by atoms with Gasteiger partial charge in [-0.3, -0.25) is 0 Å². The lowest BCUT2D eigenvalue weighted by molar-refractivity contribution is -0.0518. The second kappa shape index (κ2) is 7.36. The van der Waals surface area contributed by atoms with Crippen LogP contribution >= 0.6 is 0 Å². The predicted octanol–water partition coefficient (Wildman–Crippen LogP) is 2.18. The molecule has 6 heteroatoms. The first kappa shape index (κ1) is 18.5. The summed E-state index contributed by atoms with van der Waals surface area (Å²) in [5, 5.41) is 7.83. The highest BCUT2D eigenvalue weighted by molar-refractivity contribution is 7.88. The number of sulfonamides is 1. The third-order valence-electron chi connectivity index (χ3n) is 2.93. The molecule has 0 fully saturated rings. The number of hydrogen-bond donors (Lipinski definition) is 2. The third kappa shape index (κ3) is 8.34. The molecule has 5 nitrogen and oxygen atoms in total. The highest BCUT2D eigenvalue weighted by atomic mass is 32.2. The summed E-state index contributed by atoms with van der Waals surface area (Å²) in [5.41, 5.74) is 0.372. The van der Waals surface area contributed by atoms with Crippen LogP contribution in [0.1, 0.15) is 47.5 Å². The van der Waals surface area contributed by atoms with Crippen LogP contribution < -0.4 is 4.72 Å². The highest BCUT2D eigenvalue weighted by Crippen LogP contribution is 2.29. The fourth-order valence-corrected chi connectivity index (χ4v) is 2.31. The Balaban J connectivity index is 4.85. The van der Waals surface area contributed by atoms with Crippen molar-refractivity contribution in [3.05, 3.63) is 0 Å². The van der Waals surface area contributed by atoms with E-state index in [1.807, 2.05) is 34.6 Å². The van der Waals surface area contributed by atoms with Gasteiger partial charge in [-0.15, -0.1) is 0 Å². The molecule has 0 spiro atoms. The average Bonchev–Trinajstić information content (AvgIpc) is 2.21. The quantitative estimate of drug-likeness (QED) is 0.639. The molecule has 0 aromatic rings. The molecule has 0 heterocycles. The standard InChI is InChI=1S/C13H28N2O3S/c1-7-11(14)8-13(4,5)12(18-10(2)3)9-15-19(6,16)17/h10,12,14-15H,7-9H2,1-6H3. The molecule has 0 radical (unpaired) electrons. The second-order valence-corrected chi connectivity index (χ2v) is 7.75. The maximum Gasteiger partial charge on any atom is 0.208 e. The zero-order valence-corrected chi connectivity index (χ0v) is 13.7. The molecule has 0 aliphatic carbocycles. The summed E-state index contributed by atoms with van der Waals surface area (Å²) in [4.78, 5) is 0. The van der Waals surface area contributed by atoms with Crippen LogP contribution in [0.15, 0.2) is 0 Å². The Morgan fingerprint density at radius 1 is 1.37 bits per heavy atom. The van der Waals surface area contributed by atoms with E-state index in [2.05, 4.69) is 4.72 Å². The van der Waals surface area contributed by atoms with E-state index in [9.17, 15) is 8.42 Å². The van der Waals surface area contributed by atoms with Gasteiger partial charge in [0.25, 0.3) is 0 Å². The van der Waals surface area contributed by atoms with Crippen molar-refractivity contribution in [1.82, 2.24) is 4.72 Å². The van der Waals surface area contributed by atoms with Gasteiger partial charge in [0, 0.05) is 12.3 Å². The van der Waals surface area contributed by atoms with Crippen LogP contribution in [-0.4, -0.2) is 39.1 Å². The Kier molecular flexibility index (Phi) is 7.18. The molecule has 1 atom stereocenters. The minimum Gasteiger partial charge on any atom is -0.374 e. The fraction of sp³-hybridized carbons (Fsp3) is 0.923. The first-order valence-corrected chi connectivity index (χ1v) is 8.53. The molecule has 0 aliphatic rings. The summed E-state index contributed by atoms with van der Waals surface area (Å²) >= 11 is 0. The van der Waals surface area contributed by atoms with Crippen molar-refractivity contribution in [2.24, 2.45) is 5.41 Å². The Morgan fingerprint density at radius 2 is 1.89 bits per heavy atom. The zero-order valence-electron chi connectivity index (χ0n) is 12.9. The average molecular weight is 292 g/mol. The molecule has 0 saturated heterocycles. The van der Waals surface area contributed by atoms with E-state index in [-0.39, 0.29) is 24.2 Å². The fourth-order valence-electron chi connectivity index (χ4n) is 1.85. The van der Waals surface area contributed by atoms with Gasteiger partial charge in [-0.2, -0.15) is 0 Å². The molecule has 0 bridgehead atoms. The smallest absolute Gasteiger partial charge is 0.208 e. The summed E-state index contributed by atoms with van der Waals surface area (Å²) in [6.45, 7) is 10.1. The van der Waals surface area contributed by atoms with Gasteiger partial charge in [0.15, 0.2) is 0 Å². The topological polar surface area (TPSA) is 79.3 Å². The molecule has 19 heavy (non-hydrogen) atoms. The van der Waals surface area contributed by atoms with Crippen LogP contribution in [-0.2, 0) is 14.8 Å². The van der Waals surface area contributed by atoms with Gasteiger partial charge in [-0.1, -0.05) is 20.8 Å². The zero-order chi connectivity index (χ0) is 15.3. The Morgan fingerprint density at radius 3 is 2.26 bits per heavy atom. The number of ether oxygens (including phenoxy) is 1. The van der Waals surface area contributed by atoms with Gasteiger partial charge < -0.3 is 10.1 Å². The molecule has 0 aromatic carbocycles. The minimum atomic E-state index is -3.23. The van der Waals surface area contributed by atoms with Gasteiger partial charge in [0.05, 0.1) is 18.5 Å². The van der Waals surface area contributed by atoms with Crippen LogP contribution in [0.3, 0.4) is 0 Å². The van der Waals surface area contributed by atoms with Crippen molar-refractivity contribution in [2.45, 2.75) is 59.7 Å². The number of hydrogen-bond acceptors (Lipinski definition) is 4. The van der Waals surface area contributed by atoms with Crippen LogP contribution in [0.25, 0.3) is 0 Å². The summed E-state index contributed by atoms with van der Waals surface area (Å²) in [6.07, 6.45) is 2.21. The molecule has 2 N–H and O–H groups in total. The van der Waals surface area contributed by atoms with Gasteiger partial charge >= 0.3 is 0 Å². The first-order chi connectivity index (χ1) is 8.48. The summed E-state index contributed by atoms with van der Waals surface area (Å²) in [5.74, 6) is 0. The van der Waals surface area contributed by atoms with Crippen molar-refractivity contribution < 1.29 is 13.2 Å². The van der Waals surface area contributed by atoms with Gasteiger partial charge in [-0.05, 0) is 32.1 Å². The molecular weight excluding hydrogens is 264 g/mol. The lowest BCUT2D eigenvalue weighted by Gasteiger charge is -2.35. The summed E-state index contributed by atoms with van der Waals surface area (Å²) in [7, 11) is -3.23. The monoisotopic (exact) mass is 292 g/mol. The number of rotatable bonds is 9. The molecule has 0 aliphatic heterocycles. The van der Waals surface area contributed by atoms with Crippen molar-refractivity contribution >= 4 is 15.7 Å². The van der Waals surface area contributed by atoms with Gasteiger partial charge in [-0.25, -0.2) is 13.1 Å². The maximum absolute atomic E-state index is 11.2. The first-order valence-electron chi connectivity index (χ1n) is 6.64. The van der Waals surface area contributed by atoms with Crippen molar-refractivity contribution in [3.63, 3.8) is 0 Å². The molecule has 114 valence electrons. The van der Waals surface area contributed by atoms with Crippen LogP contribution in [0.2, 0.25) is 0 Å². The van der Waals surface area contributed by atoms with E-state index in [0.29, 0.717) is 18.6 Å². The van der Waals surface area contributed by atoms with E-state index in [1.165, 1.54) is 0 Å². The predicted molar refractivity (Wildman–Crippen MR) is 79.3 cm³/mol. The third-order valence-corrected chi connectivity index (χ3v) is 3.63. The van der Waals surface area contributed by atoms with E-state index in [4.69, 9.17) is 10.1 Å².